The van der Waals surface area contributed by atoms with E-state index in [0.717, 1.165) is 16.9 Å². The maximum atomic E-state index is 13.7. The maximum absolute atomic E-state index is 13.7. The molecule has 0 aromatic heterocycles. The molecule has 0 spiro atoms. The summed E-state index contributed by atoms with van der Waals surface area (Å²) in [7, 11) is 0. The van der Waals surface area contributed by atoms with E-state index in [1.54, 1.807) is 26.0 Å². The standard InChI is InChI=1S/C18H20ClFO/c1-11(2)21-16-7-5-6-14(10-16)17(19)15-8-12(3)18(20)13(4)9-15/h5-11,17H,1-4H3. The van der Waals surface area contributed by atoms with Gasteiger partial charge in [-0.15, -0.1) is 11.6 Å². The molecule has 0 fully saturated rings. The highest BCUT2D eigenvalue weighted by atomic mass is 35.5. The molecule has 0 bridgehead atoms. The van der Waals surface area contributed by atoms with E-state index < -0.39 is 0 Å². The lowest BCUT2D eigenvalue weighted by molar-refractivity contribution is 0.242. The largest absolute Gasteiger partial charge is 0.491 e. The van der Waals surface area contributed by atoms with Gasteiger partial charge in [-0.1, -0.05) is 24.3 Å². The lowest BCUT2D eigenvalue weighted by atomic mass is 9.99. The van der Waals surface area contributed by atoms with Crippen LogP contribution in [0.3, 0.4) is 0 Å². The maximum Gasteiger partial charge on any atom is 0.129 e. The normalized spacial score (nSPS) is 12.5. The second-order valence-electron chi connectivity index (χ2n) is 5.57. The summed E-state index contributed by atoms with van der Waals surface area (Å²) in [5, 5.41) is -0.321. The van der Waals surface area contributed by atoms with Crippen LogP contribution in [0.4, 0.5) is 4.39 Å². The van der Waals surface area contributed by atoms with Crippen molar-refractivity contribution in [2.24, 2.45) is 0 Å². The van der Waals surface area contributed by atoms with Crippen LogP contribution < -0.4 is 4.74 Å². The van der Waals surface area contributed by atoms with Crippen LogP contribution in [0.2, 0.25) is 0 Å². The highest BCUT2D eigenvalue weighted by Gasteiger charge is 2.15. The predicted octanol–water partition coefficient (Wildman–Crippen LogP) is 5.56. The highest BCUT2D eigenvalue weighted by Crippen LogP contribution is 2.32. The van der Waals surface area contributed by atoms with Crippen LogP contribution in [-0.4, -0.2) is 6.10 Å². The van der Waals surface area contributed by atoms with Gasteiger partial charge in [-0.2, -0.15) is 0 Å². The monoisotopic (exact) mass is 306 g/mol. The van der Waals surface area contributed by atoms with Crippen molar-refractivity contribution < 1.29 is 9.13 Å². The average molecular weight is 307 g/mol. The molecule has 0 aliphatic rings. The van der Waals surface area contributed by atoms with Crippen molar-refractivity contribution in [3.63, 3.8) is 0 Å². The molecule has 0 saturated heterocycles. The third-order valence-corrected chi connectivity index (χ3v) is 3.78. The van der Waals surface area contributed by atoms with E-state index in [-0.39, 0.29) is 17.3 Å². The molecule has 1 unspecified atom stereocenters. The molecule has 21 heavy (non-hydrogen) atoms. The average Bonchev–Trinajstić information content (AvgIpc) is 2.43. The topological polar surface area (TPSA) is 9.23 Å². The van der Waals surface area contributed by atoms with Crippen molar-refractivity contribution in [2.75, 3.05) is 0 Å². The minimum Gasteiger partial charge on any atom is -0.491 e. The first-order chi connectivity index (χ1) is 9.88. The molecule has 0 aliphatic carbocycles. The first kappa shape index (κ1) is 15.8. The number of halogens is 2. The molecule has 2 aromatic rings. The zero-order chi connectivity index (χ0) is 15.6. The van der Waals surface area contributed by atoms with Gasteiger partial charge in [0.15, 0.2) is 0 Å². The van der Waals surface area contributed by atoms with Crippen LogP contribution in [0, 0.1) is 19.7 Å². The second kappa shape index (κ2) is 6.48. The van der Waals surface area contributed by atoms with Crippen molar-refractivity contribution >= 4 is 11.6 Å². The number of ether oxygens (including phenoxy) is 1. The summed E-state index contributed by atoms with van der Waals surface area (Å²) >= 11 is 6.56. The first-order valence-corrected chi connectivity index (χ1v) is 7.49. The fourth-order valence-electron chi connectivity index (χ4n) is 2.34. The first-order valence-electron chi connectivity index (χ1n) is 7.06. The lowest BCUT2D eigenvalue weighted by Gasteiger charge is -2.15. The quantitative estimate of drug-likeness (QED) is 0.672. The van der Waals surface area contributed by atoms with E-state index >= 15 is 0 Å². The minimum absolute atomic E-state index is 0.115. The van der Waals surface area contributed by atoms with Gasteiger partial charge in [-0.3, -0.25) is 0 Å². The molecule has 0 aliphatic heterocycles. The number of benzene rings is 2. The Bertz CT molecular complexity index is 614. The summed E-state index contributed by atoms with van der Waals surface area (Å²) in [6.45, 7) is 7.48. The molecule has 2 rings (SSSR count). The SMILES string of the molecule is Cc1cc(C(Cl)c2cccc(OC(C)C)c2)cc(C)c1F. The molecular formula is C18H20ClFO. The molecule has 0 radical (unpaired) electrons. The number of alkyl halides is 1. The molecule has 2 aromatic carbocycles. The zero-order valence-electron chi connectivity index (χ0n) is 12.8. The summed E-state index contributed by atoms with van der Waals surface area (Å²) < 4.78 is 19.4. The molecule has 0 heterocycles. The van der Waals surface area contributed by atoms with Crippen LogP contribution in [-0.2, 0) is 0 Å². The third kappa shape index (κ3) is 3.76. The number of hydrogen-bond donors (Lipinski definition) is 0. The van der Waals surface area contributed by atoms with Gasteiger partial charge in [0.1, 0.15) is 11.6 Å². The molecule has 112 valence electrons. The predicted molar refractivity (Wildman–Crippen MR) is 85.8 cm³/mol. The number of rotatable bonds is 4. The molecular weight excluding hydrogens is 287 g/mol. The van der Waals surface area contributed by atoms with Gasteiger partial charge >= 0.3 is 0 Å². The van der Waals surface area contributed by atoms with Gasteiger partial charge in [0.2, 0.25) is 0 Å². The van der Waals surface area contributed by atoms with E-state index in [1.165, 1.54) is 0 Å². The van der Waals surface area contributed by atoms with E-state index in [2.05, 4.69) is 0 Å². The molecule has 0 N–H and O–H groups in total. The van der Waals surface area contributed by atoms with Crippen LogP contribution in [0.5, 0.6) is 5.75 Å². The van der Waals surface area contributed by atoms with Gasteiger partial charge in [-0.25, -0.2) is 4.39 Å². The Morgan fingerprint density at radius 2 is 1.62 bits per heavy atom. The summed E-state index contributed by atoms with van der Waals surface area (Å²) in [4.78, 5) is 0. The van der Waals surface area contributed by atoms with Crippen molar-refractivity contribution in [3.05, 3.63) is 64.5 Å². The Labute approximate surface area is 130 Å². The van der Waals surface area contributed by atoms with Crippen molar-refractivity contribution in [3.8, 4) is 5.75 Å². The lowest BCUT2D eigenvalue weighted by Crippen LogP contribution is -2.06. The van der Waals surface area contributed by atoms with Crippen LogP contribution in [0.15, 0.2) is 36.4 Å². The van der Waals surface area contributed by atoms with Crippen molar-refractivity contribution in [1.29, 1.82) is 0 Å². The molecule has 0 amide bonds. The van der Waals surface area contributed by atoms with Gasteiger partial charge < -0.3 is 4.74 Å². The number of aryl methyl sites for hydroxylation is 2. The summed E-state index contributed by atoms with van der Waals surface area (Å²) in [6, 6.07) is 11.3. The summed E-state index contributed by atoms with van der Waals surface area (Å²) in [5.41, 5.74) is 3.07. The van der Waals surface area contributed by atoms with E-state index in [4.69, 9.17) is 16.3 Å². The second-order valence-corrected chi connectivity index (χ2v) is 6.01. The molecule has 1 nitrogen and oxygen atoms in total. The minimum atomic E-state index is -0.321. The van der Waals surface area contributed by atoms with Crippen LogP contribution in [0.1, 0.15) is 41.5 Å². The van der Waals surface area contributed by atoms with Gasteiger partial charge in [-0.05, 0) is 62.1 Å². The van der Waals surface area contributed by atoms with Crippen LogP contribution >= 0.6 is 11.6 Å². The molecule has 3 heteroatoms. The smallest absolute Gasteiger partial charge is 0.129 e. The summed E-state index contributed by atoms with van der Waals surface area (Å²) in [5.74, 6) is 0.628. The van der Waals surface area contributed by atoms with Crippen molar-refractivity contribution in [2.45, 2.75) is 39.2 Å². The fraction of sp³-hybridized carbons (Fsp3) is 0.333. The Kier molecular flexibility index (Phi) is 4.89. The summed E-state index contributed by atoms with van der Waals surface area (Å²) in [6.07, 6.45) is 0.115. The zero-order valence-corrected chi connectivity index (χ0v) is 13.5. The Morgan fingerprint density at radius 1 is 1.00 bits per heavy atom. The Balaban J connectivity index is 2.33. The molecule has 0 saturated carbocycles. The number of hydrogen-bond acceptors (Lipinski definition) is 1. The third-order valence-electron chi connectivity index (χ3n) is 3.27. The van der Waals surface area contributed by atoms with E-state index in [9.17, 15) is 4.39 Å². The highest BCUT2D eigenvalue weighted by molar-refractivity contribution is 6.22. The van der Waals surface area contributed by atoms with Gasteiger partial charge in [0.25, 0.3) is 0 Å². The van der Waals surface area contributed by atoms with Crippen LogP contribution in [0.25, 0.3) is 0 Å². The van der Waals surface area contributed by atoms with Gasteiger partial charge in [0, 0.05) is 0 Å². The molecule has 1 atom stereocenters. The van der Waals surface area contributed by atoms with Gasteiger partial charge in [0.05, 0.1) is 11.5 Å². The van der Waals surface area contributed by atoms with Crippen molar-refractivity contribution in [1.82, 2.24) is 0 Å². The Hall–Kier alpha value is -1.54. The Morgan fingerprint density at radius 3 is 2.19 bits per heavy atom. The fourth-order valence-corrected chi connectivity index (χ4v) is 2.60. The van der Waals surface area contributed by atoms with E-state index in [0.29, 0.717) is 11.1 Å². The van der Waals surface area contributed by atoms with E-state index in [1.807, 2.05) is 38.1 Å².